The molecule has 4 nitrogen and oxygen atoms in total. The van der Waals surface area contributed by atoms with E-state index in [-0.39, 0.29) is 0 Å². The standard InChI is InChI=1S/C13H10N2O2/c1-17-13(16)8-7-11-9-14-15(10-11)12-5-3-2-4-6-12/h2-6,9-10H,1H3. The van der Waals surface area contributed by atoms with Gasteiger partial charge in [0.15, 0.2) is 0 Å². The van der Waals surface area contributed by atoms with Crippen molar-refractivity contribution in [2.75, 3.05) is 7.11 Å². The largest absolute Gasteiger partial charge is 0.459 e. The van der Waals surface area contributed by atoms with Crippen molar-refractivity contribution in [3.05, 3.63) is 48.3 Å². The number of nitrogens with zero attached hydrogens (tertiary/aromatic N) is 2. The third kappa shape index (κ3) is 2.73. The maximum Gasteiger partial charge on any atom is 0.384 e. The van der Waals surface area contributed by atoms with Gasteiger partial charge in [0, 0.05) is 12.1 Å². The van der Waals surface area contributed by atoms with Crippen LogP contribution in [0.4, 0.5) is 0 Å². The van der Waals surface area contributed by atoms with E-state index in [9.17, 15) is 4.79 Å². The molecule has 0 radical (unpaired) electrons. The number of para-hydroxylation sites is 1. The highest BCUT2D eigenvalue weighted by molar-refractivity contribution is 5.88. The van der Waals surface area contributed by atoms with Crippen molar-refractivity contribution in [1.29, 1.82) is 0 Å². The van der Waals surface area contributed by atoms with Crippen molar-refractivity contribution in [3.63, 3.8) is 0 Å². The van der Waals surface area contributed by atoms with E-state index in [4.69, 9.17) is 0 Å². The summed E-state index contributed by atoms with van der Waals surface area (Å²) in [5.74, 6) is 4.47. The average Bonchev–Trinajstić information content (AvgIpc) is 2.86. The van der Waals surface area contributed by atoms with E-state index in [0.717, 1.165) is 5.69 Å². The van der Waals surface area contributed by atoms with Crippen molar-refractivity contribution < 1.29 is 9.53 Å². The Kier molecular flexibility index (Phi) is 3.22. The molecule has 0 unspecified atom stereocenters. The molecule has 4 heteroatoms. The highest BCUT2D eigenvalue weighted by Crippen LogP contribution is 2.06. The van der Waals surface area contributed by atoms with Gasteiger partial charge in [-0.2, -0.15) is 5.10 Å². The average molecular weight is 226 g/mol. The van der Waals surface area contributed by atoms with Gasteiger partial charge in [-0.25, -0.2) is 9.48 Å². The third-order valence-corrected chi connectivity index (χ3v) is 2.10. The van der Waals surface area contributed by atoms with Gasteiger partial charge in [0.2, 0.25) is 0 Å². The molecule has 0 aliphatic heterocycles. The molecule has 0 saturated heterocycles. The van der Waals surface area contributed by atoms with Crippen LogP contribution < -0.4 is 0 Å². The van der Waals surface area contributed by atoms with Gasteiger partial charge >= 0.3 is 5.97 Å². The lowest BCUT2D eigenvalue weighted by Crippen LogP contribution is -1.94. The predicted octanol–water partition coefficient (Wildman–Crippen LogP) is 1.40. The Balaban J connectivity index is 2.22. The lowest BCUT2D eigenvalue weighted by atomic mass is 10.3. The molecule has 0 fully saturated rings. The number of hydrogen-bond donors (Lipinski definition) is 0. The van der Waals surface area contributed by atoms with Crippen LogP contribution in [0.3, 0.4) is 0 Å². The van der Waals surface area contributed by atoms with E-state index in [0.29, 0.717) is 5.56 Å². The number of hydrogen-bond acceptors (Lipinski definition) is 3. The predicted molar refractivity (Wildman–Crippen MR) is 62.5 cm³/mol. The fourth-order valence-electron chi connectivity index (χ4n) is 1.28. The second-order valence-electron chi connectivity index (χ2n) is 3.25. The molecule has 1 aromatic carbocycles. The first-order chi connectivity index (χ1) is 8.29. The number of benzene rings is 1. The van der Waals surface area contributed by atoms with E-state index < -0.39 is 5.97 Å². The van der Waals surface area contributed by atoms with E-state index in [1.165, 1.54) is 7.11 Å². The number of carbonyl (C=O) groups excluding carboxylic acids is 1. The molecule has 0 aliphatic carbocycles. The Morgan fingerprint density at radius 3 is 2.82 bits per heavy atom. The quantitative estimate of drug-likeness (QED) is 0.545. The molecule has 0 saturated carbocycles. The number of esters is 1. The highest BCUT2D eigenvalue weighted by atomic mass is 16.5. The summed E-state index contributed by atoms with van der Waals surface area (Å²) in [6, 6.07) is 9.66. The van der Waals surface area contributed by atoms with Gasteiger partial charge in [-0.05, 0) is 12.1 Å². The van der Waals surface area contributed by atoms with Crippen molar-refractivity contribution >= 4 is 5.97 Å². The fraction of sp³-hybridized carbons (Fsp3) is 0.0769. The van der Waals surface area contributed by atoms with Crippen molar-refractivity contribution in [3.8, 4) is 17.5 Å². The van der Waals surface area contributed by atoms with Gasteiger partial charge in [-0.1, -0.05) is 24.1 Å². The van der Waals surface area contributed by atoms with Crippen molar-refractivity contribution in [1.82, 2.24) is 9.78 Å². The summed E-state index contributed by atoms with van der Waals surface area (Å²) in [5, 5.41) is 4.15. The van der Waals surface area contributed by atoms with Crippen LogP contribution in [0.25, 0.3) is 5.69 Å². The molecule has 0 bridgehead atoms. The Bertz CT molecular complexity index is 576. The van der Waals surface area contributed by atoms with Gasteiger partial charge in [0.05, 0.1) is 24.6 Å². The first-order valence-electron chi connectivity index (χ1n) is 4.99. The number of carbonyl (C=O) groups is 1. The normalized spacial score (nSPS) is 9.24. The Morgan fingerprint density at radius 1 is 1.35 bits per heavy atom. The summed E-state index contributed by atoms with van der Waals surface area (Å²) in [5.41, 5.74) is 1.61. The zero-order chi connectivity index (χ0) is 12.1. The van der Waals surface area contributed by atoms with Crippen LogP contribution in [0.15, 0.2) is 42.7 Å². The number of rotatable bonds is 1. The lowest BCUT2D eigenvalue weighted by Gasteiger charge is -1.97. The molecule has 0 aliphatic rings. The monoisotopic (exact) mass is 226 g/mol. The van der Waals surface area contributed by atoms with Crippen LogP contribution >= 0.6 is 0 Å². The maximum absolute atomic E-state index is 10.8. The Labute approximate surface area is 98.8 Å². The fourth-order valence-corrected chi connectivity index (χ4v) is 1.28. The van der Waals surface area contributed by atoms with Crippen LogP contribution in [0.1, 0.15) is 5.56 Å². The minimum Gasteiger partial charge on any atom is -0.459 e. The van der Waals surface area contributed by atoms with Gasteiger partial charge in [0.1, 0.15) is 0 Å². The number of aromatic nitrogens is 2. The molecule has 1 heterocycles. The minimum atomic E-state index is -0.558. The second-order valence-corrected chi connectivity index (χ2v) is 3.25. The molecule has 2 aromatic rings. The molecule has 0 N–H and O–H groups in total. The summed E-state index contributed by atoms with van der Waals surface area (Å²) in [7, 11) is 1.30. The summed E-state index contributed by atoms with van der Waals surface area (Å²) in [6.45, 7) is 0. The van der Waals surface area contributed by atoms with Crippen LogP contribution in [0.2, 0.25) is 0 Å². The summed E-state index contributed by atoms with van der Waals surface area (Å²) in [4.78, 5) is 10.8. The smallest absolute Gasteiger partial charge is 0.384 e. The third-order valence-electron chi connectivity index (χ3n) is 2.10. The van der Waals surface area contributed by atoms with Crippen LogP contribution in [-0.4, -0.2) is 22.9 Å². The molecule has 84 valence electrons. The van der Waals surface area contributed by atoms with Crippen LogP contribution in [-0.2, 0) is 9.53 Å². The first-order valence-corrected chi connectivity index (χ1v) is 4.99. The minimum absolute atomic E-state index is 0.558. The van der Waals surface area contributed by atoms with Crippen LogP contribution in [0.5, 0.6) is 0 Å². The van der Waals surface area contributed by atoms with E-state index in [2.05, 4.69) is 21.7 Å². The SMILES string of the molecule is COC(=O)C#Cc1cnn(-c2ccccc2)c1. The molecular formula is C13H10N2O2. The molecule has 1 aromatic heterocycles. The van der Waals surface area contributed by atoms with E-state index >= 15 is 0 Å². The van der Waals surface area contributed by atoms with Gasteiger partial charge < -0.3 is 4.74 Å². The maximum atomic E-state index is 10.8. The summed E-state index contributed by atoms with van der Waals surface area (Å²) < 4.78 is 6.12. The molecule has 0 amide bonds. The zero-order valence-corrected chi connectivity index (χ0v) is 9.25. The Hall–Kier alpha value is -2.54. The lowest BCUT2D eigenvalue weighted by molar-refractivity contribution is -0.133. The second kappa shape index (κ2) is 4.99. The highest BCUT2D eigenvalue weighted by Gasteiger charge is 1.98. The van der Waals surface area contributed by atoms with E-state index in [1.54, 1.807) is 17.1 Å². The number of ether oxygens (including phenoxy) is 1. The number of methoxy groups -OCH3 is 1. The molecule has 2 rings (SSSR count). The summed E-state index contributed by atoms with van der Waals surface area (Å²) >= 11 is 0. The molecular weight excluding hydrogens is 216 g/mol. The van der Waals surface area contributed by atoms with Gasteiger partial charge in [-0.3, -0.25) is 0 Å². The topological polar surface area (TPSA) is 44.1 Å². The van der Waals surface area contributed by atoms with Gasteiger partial charge in [0.25, 0.3) is 0 Å². The van der Waals surface area contributed by atoms with Crippen LogP contribution in [0, 0.1) is 11.8 Å². The Morgan fingerprint density at radius 2 is 2.12 bits per heavy atom. The van der Waals surface area contributed by atoms with E-state index in [1.807, 2.05) is 30.3 Å². The first kappa shape index (κ1) is 11.0. The zero-order valence-electron chi connectivity index (χ0n) is 9.25. The molecule has 0 spiro atoms. The van der Waals surface area contributed by atoms with Crippen molar-refractivity contribution in [2.45, 2.75) is 0 Å². The molecule has 0 atom stereocenters. The van der Waals surface area contributed by atoms with Gasteiger partial charge in [-0.15, -0.1) is 0 Å². The molecule has 17 heavy (non-hydrogen) atoms. The van der Waals surface area contributed by atoms with Crippen molar-refractivity contribution in [2.24, 2.45) is 0 Å². The summed E-state index contributed by atoms with van der Waals surface area (Å²) in [6.07, 6.45) is 3.36.